The number of carbonyl (C=O) groups excluding carboxylic acids is 1. The van der Waals surface area contributed by atoms with E-state index in [1.807, 2.05) is 34.0 Å². The van der Waals surface area contributed by atoms with E-state index in [2.05, 4.69) is 17.1 Å². The lowest BCUT2D eigenvalue weighted by molar-refractivity contribution is -0.127. The van der Waals surface area contributed by atoms with Gasteiger partial charge in [-0.3, -0.25) is 4.79 Å². The Morgan fingerprint density at radius 2 is 1.77 bits per heavy atom. The Hall–Kier alpha value is -4.26. The predicted molar refractivity (Wildman–Crippen MR) is 164 cm³/mol. The Labute approximate surface area is 253 Å². The van der Waals surface area contributed by atoms with E-state index < -0.39 is 6.09 Å². The van der Waals surface area contributed by atoms with Crippen LogP contribution in [-0.2, 0) is 11.2 Å². The van der Waals surface area contributed by atoms with Crippen LogP contribution in [0.25, 0.3) is 16.9 Å². The Balaban J connectivity index is 1.13. The van der Waals surface area contributed by atoms with Crippen LogP contribution in [0.15, 0.2) is 41.8 Å². The highest BCUT2D eigenvalue weighted by atomic mass is 32.1. The van der Waals surface area contributed by atoms with Crippen LogP contribution < -0.4 is 15.1 Å². The number of aryl methyl sites for hydroxylation is 1. The summed E-state index contributed by atoms with van der Waals surface area (Å²) >= 11 is 1.51. The third kappa shape index (κ3) is 5.99. The van der Waals surface area contributed by atoms with Crippen molar-refractivity contribution in [1.29, 1.82) is 0 Å². The number of fused-ring (bicyclic) bond motifs is 1. The van der Waals surface area contributed by atoms with Gasteiger partial charge in [-0.2, -0.15) is 4.52 Å². The summed E-state index contributed by atoms with van der Waals surface area (Å²) in [5.74, 6) is 1.33. The second-order valence-corrected chi connectivity index (χ2v) is 11.9. The van der Waals surface area contributed by atoms with E-state index in [1.54, 1.807) is 12.1 Å². The highest BCUT2D eigenvalue weighted by Crippen LogP contribution is 2.34. The molecule has 6 rings (SSSR count). The molecule has 2 amide bonds. The first-order valence-corrected chi connectivity index (χ1v) is 15.6. The average molecular weight is 607 g/mol. The van der Waals surface area contributed by atoms with Crippen LogP contribution in [-0.4, -0.2) is 80.9 Å². The van der Waals surface area contributed by atoms with Gasteiger partial charge in [-0.05, 0) is 68.5 Å². The van der Waals surface area contributed by atoms with Gasteiger partial charge in [0.25, 0.3) is 0 Å². The molecule has 43 heavy (non-hydrogen) atoms. The van der Waals surface area contributed by atoms with E-state index in [9.17, 15) is 14.0 Å². The zero-order valence-corrected chi connectivity index (χ0v) is 25.1. The van der Waals surface area contributed by atoms with Crippen LogP contribution in [0.1, 0.15) is 38.3 Å². The molecule has 0 bridgehead atoms. The molecule has 2 aliphatic rings. The molecular formula is C30H35FN8O3S. The van der Waals surface area contributed by atoms with Gasteiger partial charge in [0.05, 0.1) is 11.4 Å². The molecule has 0 radical (unpaired) electrons. The van der Waals surface area contributed by atoms with Gasteiger partial charge < -0.3 is 25.1 Å². The number of rotatable bonds is 7. The first-order valence-electron chi connectivity index (χ1n) is 14.7. The summed E-state index contributed by atoms with van der Waals surface area (Å²) < 4.78 is 15.3. The Bertz CT molecular complexity index is 1610. The maximum Gasteiger partial charge on any atom is 0.407 e. The van der Waals surface area contributed by atoms with Crippen LogP contribution >= 0.6 is 11.3 Å². The van der Waals surface area contributed by atoms with Crippen molar-refractivity contribution < 1.29 is 19.1 Å². The number of thiazole rings is 1. The number of piperidine rings is 2. The normalized spacial score (nSPS) is 16.5. The second-order valence-electron chi connectivity index (χ2n) is 11.1. The summed E-state index contributed by atoms with van der Waals surface area (Å²) in [5, 5.41) is 20.1. The molecule has 2 fully saturated rings. The number of carboxylic acid groups (broad SMARTS) is 1. The number of imidazole rings is 1. The van der Waals surface area contributed by atoms with Crippen molar-refractivity contribution in [3.63, 3.8) is 0 Å². The van der Waals surface area contributed by atoms with Gasteiger partial charge in [-0.25, -0.2) is 19.2 Å². The quantitative estimate of drug-likeness (QED) is 0.308. The minimum atomic E-state index is -0.919. The summed E-state index contributed by atoms with van der Waals surface area (Å²) in [6, 6.07) is 10.4. The highest BCUT2D eigenvalue weighted by molar-refractivity contribution is 7.14. The first-order chi connectivity index (χ1) is 20.8. The summed E-state index contributed by atoms with van der Waals surface area (Å²) in [6.45, 7) is 4.40. The molecule has 226 valence electrons. The lowest BCUT2D eigenvalue weighted by Crippen LogP contribution is -2.48. The van der Waals surface area contributed by atoms with Gasteiger partial charge in [0.15, 0.2) is 16.6 Å². The number of amides is 2. The predicted octanol–water partition coefficient (Wildman–Crippen LogP) is 4.80. The number of likely N-dealkylation sites (tertiary alicyclic amines) is 1. The zero-order valence-electron chi connectivity index (χ0n) is 24.2. The smallest absolute Gasteiger partial charge is 0.407 e. The van der Waals surface area contributed by atoms with Gasteiger partial charge in [0.2, 0.25) is 5.91 Å². The maximum atomic E-state index is 13.4. The molecule has 0 atom stereocenters. The van der Waals surface area contributed by atoms with Gasteiger partial charge in [-0.1, -0.05) is 6.92 Å². The minimum Gasteiger partial charge on any atom is -0.465 e. The average Bonchev–Trinajstić information content (AvgIpc) is 3.67. The van der Waals surface area contributed by atoms with Crippen molar-refractivity contribution in [3.8, 4) is 11.3 Å². The summed E-state index contributed by atoms with van der Waals surface area (Å²) in [7, 11) is 1.96. The highest BCUT2D eigenvalue weighted by Gasteiger charge is 2.30. The van der Waals surface area contributed by atoms with Crippen molar-refractivity contribution in [2.75, 3.05) is 43.0 Å². The van der Waals surface area contributed by atoms with Crippen molar-refractivity contribution in [2.24, 2.45) is 5.92 Å². The van der Waals surface area contributed by atoms with E-state index in [1.165, 1.54) is 28.4 Å². The zero-order chi connectivity index (χ0) is 30.1. The van der Waals surface area contributed by atoms with Crippen LogP contribution in [0.2, 0.25) is 0 Å². The number of hydrogen-bond acceptors (Lipinski definition) is 8. The van der Waals surface area contributed by atoms with Crippen LogP contribution in [0.4, 0.5) is 26.0 Å². The van der Waals surface area contributed by atoms with E-state index >= 15 is 0 Å². The van der Waals surface area contributed by atoms with Gasteiger partial charge >= 0.3 is 6.09 Å². The molecule has 2 saturated heterocycles. The Morgan fingerprint density at radius 3 is 2.44 bits per heavy atom. The van der Waals surface area contributed by atoms with Crippen LogP contribution in [0.5, 0.6) is 0 Å². The number of hydrogen-bond donors (Lipinski definition) is 2. The van der Waals surface area contributed by atoms with E-state index in [-0.39, 0.29) is 23.7 Å². The fraction of sp³-hybridized carbons (Fsp3) is 0.433. The molecule has 4 aromatic rings. The topological polar surface area (TPSA) is 119 Å². The molecule has 5 heterocycles. The van der Waals surface area contributed by atoms with Gasteiger partial charge in [0, 0.05) is 56.1 Å². The molecule has 11 nitrogen and oxygen atoms in total. The van der Waals surface area contributed by atoms with Crippen LogP contribution in [0.3, 0.4) is 0 Å². The number of anilines is 3. The SMILES string of the molecule is CCc1nc2ccc(N3CCC(NC(=O)C4CCN(C(=O)O)CC4)CC3)nn2c1N(C)c1nc(-c2ccc(F)cc2)cs1. The molecule has 2 N–H and O–H groups in total. The van der Waals surface area contributed by atoms with Gasteiger partial charge in [-0.15, -0.1) is 16.4 Å². The molecule has 0 spiro atoms. The lowest BCUT2D eigenvalue weighted by Gasteiger charge is -2.35. The number of nitrogens with one attached hydrogen (secondary N) is 1. The molecule has 0 aliphatic carbocycles. The molecule has 1 aromatic carbocycles. The van der Waals surface area contributed by atoms with E-state index in [4.69, 9.17) is 20.2 Å². The molecule has 13 heteroatoms. The second kappa shape index (κ2) is 12.2. The first kappa shape index (κ1) is 28.8. The van der Waals surface area contributed by atoms with Gasteiger partial charge in [0.1, 0.15) is 11.6 Å². The molecule has 3 aromatic heterocycles. The molecule has 2 aliphatic heterocycles. The fourth-order valence-electron chi connectivity index (χ4n) is 5.87. The Kier molecular flexibility index (Phi) is 8.15. The standard InChI is InChI=1S/C30H35FN8O3S/c1-3-23-28(36(2)29-34-24(18-43-29)19-4-6-21(31)7-5-19)39-25(33-23)8-9-26(35-39)37-16-12-22(13-17-37)32-27(40)20-10-14-38(15-11-20)30(41)42/h4-9,18,20,22H,3,10-17H2,1-2H3,(H,32,40)(H,41,42). The monoisotopic (exact) mass is 606 g/mol. The van der Waals surface area contributed by atoms with Crippen molar-refractivity contribution in [2.45, 2.75) is 45.1 Å². The number of benzene rings is 1. The largest absolute Gasteiger partial charge is 0.465 e. The lowest BCUT2D eigenvalue weighted by atomic mass is 9.95. The van der Waals surface area contributed by atoms with E-state index in [0.717, 1.165) is 71.7 Å². The molecule has 0 unspecified atom stereocenters. The van der Waals surface area contributed by atoms with Crippen molar-refractivity contribution in [3.05, 3.63) is 53.3 Å². The Morgan fingerprint density at radius 1 is 1.05 bits per heavy atom. The van der Waals surface area contributed by atoms with Crippen molar-refractivity contribution in [1.82, 2.24) is 29.8 Å². The molecular weight excluding hydrogens is 571 g/mol. The third-order valence-corrected chi connectivity index (χ3v) is 9.30. The fourth-order valence-corrected chi connectivity index (χ4v) is 6.67. The summed E-state index contributed by atoms with van der Waals surface area (Å²) in [5.41, 5.74) is 3.32. The number of nitrogens with zero attached hydrogens (tertiary/aromatic N) is 7. The number of halogens is 1. The third-order valence-electron chi connectivity index (χ3n) is 8.38. The molecule has 0 saturated carbocycles. The number of aromatic nitrogens is 4. The summed E-state index contributed by atoms with van der Waals surface area (Å²) in [6.07, 6.45) is 2.56. The van der Waals surface area contributed by atoms with E-state index in [0.29, 0.717) is 25.9 Å². The minimum absolute atomic E-state index is 0.0333. The number of carbonyl (C=O) groups is 2. The summed E-state index contributed by atoms with van der Waals surface area (Å²) in [4.78, 5) is 39.3. The van der Waals surface area contributed by atoms with Crippen molar-refractivity contribution >= 4 is 45.8 Å². The van der Waals surface area contributed by atoms with Crippen LogP contribution in [0, 0.1) is 11.7 Å². The maximum absolute atomic E-state index is 13.4.